The van der Waals surface area contributed by atoms with Gasteiger partial charge in [0.2, 0.25) is 0 Å². The zero-order chi connectivity index (χ0) is 13.0. The Morgan fingerprint density at radius 3 is 2.78 bits per heavy atom. The van der Waals surface area contributed by atoms with E-state index in [1.807, 2.05) is 18.7 Å². The molecule has 0 bridgehead atoms. The van der Waals surface area contributed by atoms with Crippen molar-refractivity contribution in [3.05, 3.63) is 11.8 Å². The lowest BCUT2D eigenvalue weighted by Gasteiger charge is -2.37. The van der Waals surface area contributed by atoms with Crippen molar-refractivity contribution in [1.82, 2.24) is 15.1 Å². The molecule has 1 fully saturated rings. The summed E-state index contributed by atoms with van der Waals surface area (Å²) in [7, 11) is 3.76. The van der Waals surface area contributed by atoms with Crippen LogP contribution in [0.25, 0.3) is 0 Å². The second-order valence-electron chi connectivity index (χ2n) is 5.33. The van der Waals surface area contributed by atoms with Crippen LogP contribution in [0.1, 0.15) is 18.5 Å². The first kappa shape index (κ1) is 13.4. The van der Waals surface area contributed by atoms with Crippen LogP contribution in [0, 0.1) is 12.3 Å². The maximum atomic E-state index is 5.42. The van der Waals surface area contributed by atoms with Gasteiger partial charge in [0, 0.05) is 32.2 Å². The molecule has 1 saturated heterocycles. The van der Waals surface area contributed by atoms with Crippen LogP contribution in [-0.2, 0) is 11.8 Å². The number of nitrogens with zero attached hydrogens (tertiary/aromatic N) is 2. The number of nitrogens with one attached hydrogen (secondary N) is 2. The van der Waals surface area contributed by atoms with E-state index in [1.165, 1.54) is 0 Å². The van der Waals surface area contributed by atoms with Gasteiger partial charge in [-0.1, -0.05) is 0 Å². The van der Waals surface area contributed by atoms with E-state index < -0.39 is 0 Å². The summed E-state index contributed by atoms with van der Waals surface area (Å²) in [6, 6.07) is 2.08. The maximum absolute atomic E-state index is 5.42. The molecule has 5 nitrogen and oxygen atoms in total. The Morgan fingerprint density at radius 1 is 1.50 bits per heavy atom. The largest absolute Gasteiger partial charge is 0.384 e. The minimum absolute atomic E-state index is 0.248. The van der Waals surface area contributed by atoms with Crippen molar-refractivity contribution >= 4 is 5.82 Å². The van der Waals surface area contributed by atoms with Gasteiger partial charge >= 0.3 is 0 Å². The summed E-state index contributed by atoms with van der Waals surface area (Å²) in [5, 5.41) is 11.3. The lowest BCUT2D eigenvalue weighted by atomic mass is 9.79. The molecule has 1 aliphatic heterocycles. The van der Waals surface area contributed by atoms with Crippen molar-refractivity contribution in [2.75, 3.05) is 38.7 Å². The monoisotopic (exact) mass is 252 g/mol. The van der Waals surface area contributed by atoms with Crippen molar-refractivity contribution in [1.29, 1.82) is 0 Å². The molecule has 0 spiro atoms. The molecular weight excluding hydrogens is 228 g/mol. The Bertz CT molecular complexity index is 377. The highest BCUT2D eigenvalue weighted by Gasteiger charge is 2.32. The highest BCUT2D eigenvalue weighted by molar-refractivity contribution is 5.36. The van der Waals surface area contributed by atoms with Crippen LogP contribution in [-0.4, -0.2) is 43.1 Å². The van der Waals surface area contributed by atoms with Crippen LogP contribution in [0.4, 0.5) is 5.82 Å². The quantitative estimate of drug-likeness (QED) is 0.825. The van der Waals surface area contributed by atoms with Crippen LogP contribution in [0.3, 0.4) is 0 Å². The highest BCUT2D eigenvalue weighted by Crippen LogP contribution is 2.29. The molecule has 0 unspecified atom stereocenters. The second-order valence-corrected chi connectivity index (χ2v) is 5.33. The molecule has 18 heavy (non-hydrogen) atoms. The van der Waals surface area contributed by atoms with Crippen molar-refractivity contribution in [3.8, 4) is 0 Å². The van der Waals surface area contributed by atoms with Gasteiger partial charge in [0.05, 0.1) is 12.3 Å². The average molecular weight is 252 g/mol. The van der Waals surface area contributed by atoms with Crippen LogP contribution in [0.15, 0.2) is 6.07 Å². The fourth-order valence-corrected chi connectivity index (χ4v) is 2.69. The first-order valence-corrected chi connectivity index (χ1v) is 6.59. The molecule has 1 aromatic heterocycles. The van der Waals surface area contributed by atoms with Crippen molar-refractivity contribution in [2.45, 2.75) is 19.8 Å². The molecule has 0 saturated carbocycles. The van der Waals surface area contributed by atoms with E-state index in [9.17, 15) is 0 Å². The number of aromatic nitrogens is 2. The average Bonchev–Trinajstić information content (AvgIpc) is 2.67. The summed E-state index contributed by atoms with van der Waals surface area (Å²) < 4.78 is 7.32. The van der Waals surface area contributed by atoms with E-state index in [0.717, 1.165) is 50.6 Å². The van der Waals surface area contributed by atoms with Crippen LogP contribution in [0.2, 0.25) is 0 Å². The minimum Gasteiger partial charge on any atom is -0.384 e. The summed E-state index contributed by atoms with van der Waals surface area (Å²) in [5.74, 6) is 1.08. The van der Waals surface area contributed by atoms with Crippen LogP contribution < -0.4 is 10.6 Å². The van der Waals surface area contributed by atoms with E-state index >= 15 is 0 Å². The molecule has 2 rings (SSSR count). The van der Waals surface area contributed by atoms with Crippen LogP contribution >= 0.6 is 0 Å². The standard InChI is InChI=1S/C13H24N4O/c1-11-8-12(17(2)16-11)15-9-13(10-18-3)4-6-14-7-5-13/h8,14-15H,4-7,9-10H2,1-3H3. The fourth-order valence-electron chi connectivity index (χ4n) is 2.69. The second kappa shape index (κ2) is 5.71. The molecule has 0 atom stereocenters. The van der Waals surface area contributed by atoms with Crippen molar-refractivity contribution in [2.24, 2.45) is 12.5 Å². The molecule has 0 aromatic carbocycles. The molecule has 2 N–H and O–H groups in total. The highest BCUT2D eigenvalue weighted by atomic mass is 16.5. The number of ether oxygens (including phenoxy) is 1. The van der Waals surface area contributed by atoms with Gasteiger partial charge in [-0.15, -0.1) is 0 Å². The van der Waals surface area contributed by atoms with Crippen molar-refractivity contribution < 1.29 is 4.74 Å². The Balaban J connectivity index is 1.99. The van der Waals surface area contributed by atoms with Gasteiger partial charge in [-0.2, -0.15) is 5.10 Å². The van der Waals surface area contributed by atoms with Gasteiger partial charge in [0.25, 0.3) is 0 Å². The van der Waals surface area contributed by atoms with E-state index in [0.29, 0.717) is 0 Å². The molecule has 102 valence electrons. The predicted octanol–water partition coefficient (Wildman–Crippen LogP) is 1.16. The number of hydrogen-bond acceptors (Lipinski definition) is 4. The van der Waals surface area contributed by atoms with Gasteiger partial charge in [-0.25, -0.2) is 0 Å². The Labute approximate surface area is 109 Å². The summed E-state index contributed by atoms with van der Waals surface area (Å²) >= 11 is 0. The third-order valence-corrected chi connectivity index (χ3v) is 3.76. The summed E-state index contributed by atoms with van der Waals surface area (Å²) in [5.41, 5.74) is 1.30. The summed E-state index contributed by atoms with van der Waals surface area (Å²) in [6.45, 7) is 5.94. The normalized spacial score (nSPS) is 18.8. The summed E-state index contributed by atoms with van der Waals surface area (Å²) in [6.07, 6.45) is 2.31. The first-order valence-electron chi connectivity index (χ1n) is 6.59. The van der Waals surface area contributed by atoms with Gasteiger partial charge in [0.1, 0.15) is 5.82 Å². The predicted molar refractivity (Wildman–Crippen MR) is 72.8 cm³/mol. The number of aryl methyl sites for hydroxylation is 2. The minimum atomic E-state index is 0.248. The number of hydrogen-bond donors (Lipinski definition) is 2. The molecule has 0 radical (unpaired) electrons. The number of rotatable bonds is 5. The SMILES string of the molecule is COCC1(CNc2cc(C)nn2C)CCNCC1. The molecule has 1 aliphatic rings. The Hall–Kier alpha value is -1.07. The Kier molecular flexibility index (Phi) is 4.24. The molecule has 0 amide bonds. The zero-order valence-corrected chi connectivity index (χ0v) is 11.6. The van der Waals surface area contributed by atoms with E-state index in [1.54, 1.807) is 7.11 Å². The summed E-state index contributed by atoms with van der Waals surface area (Å²) in [4.78, 5) is 0. The first-order chi connectivity index (χ1) is 8.65. The molecule has 0 aliphatic carbocycles. The third kappa shape index (κ3) is 3.03. The van der Waals surface area contributed by atoms with Gasteiger partial charge in [0.15, 0.2) is 0 Å². The molecular formula is C13H24N4O. The third-order valence-electron chi connectivity index (χ3n) is 3.76. The van der Waals surface area contributed by atoms with E-state index in [-0.39, 0.29) is 5.41 Å². The zero-order valence-electron chi connectivity index (χ0n) is 11.6. The Morgan fingerprint density at radius 2 is 2.22 bits per heavy atom. The van der Waals surface area contributed by atoms with E-state index in [2.05, 4.69) is 21.8 Å². The smallest absolute Gasteiger partial charge is 0.124 e. The molecule has 5 heteroatoms. The van der Waals surface area contributed by atoms with Gasteiger partial charge in [-0.05, 0) is 32.9 Å². The number of piperidine rings is 1. The molecule has 2 heterocycles. The lowest BCUT2D eigenvalue weighted by Crippen LogP contribution is -2.44. The van der Waals surface area contributed by atoms with E-state index in [4.69, 9.17) is 4.74 Å². The lowest BCUT2D eigenvalue weighted by molar-refractivity contribution is 0.0635. The number of methoxy groups -OCH3 is 1. The molecule has 1 aromatic rings. The van der Waals surface area contributed by atoms with Gasteiger partial charge < -0.3 is 15.4 Å². The number of anilines is 1. The fraction of sp³-hybridized carbons (Fsp3) is 0.769. The topological polar surface area (TPSA) is 51.1 Å². The maximum Gasteiger partial charge on any atom is 0.124 e. The van der Waals surface area contributed by atoms with Crippen LogP contribution in [0.5, 0.6) is 0 Å². The van der Waals surface area contributed by atoms with Crippen molar-refractivity contribution in [3.63, 3.8) is 0 Å². The van der Waals surface area contributed by atoms with Gasteiger partial charge in [-0.3, -0.25) is 4.68 Å².